The van der Waals surface area contributed by atoms with Crippen LogP contribution >= 0.6 is 15.9 Å². The van der Waals surface area contributed by atoms with Gasteiger partial charge in [0.05, 0.1) is 25.8 Å². The van der Waals surface area contributed by atoms with Crippen LogP contribution in [0.2, 0.25) is 0 Å². The molecule has 0 aromatic heterocycles. The lowest BCUT2D eigenvalue weighted by atomic mass is 10.2. The van der Waals surface area contributed by atoms with Crippen molar-refractivity contribution in [2.45, 2.75) is 19.1 Å². The molecule has 1 aliphatic rings. The van der Waals surface area contributed by atoms with Gasteiger partial charge in [-0.05, 0) is 24.6 Å². The monoisotopic (exact) mass is 326 g/mol. The van der Waals surface area contributed by atoms with Crippen molar-refractivity contribution < 1.29 is 14.3 Å². The van der Waals surface area contributed by atoms with Gasteiger partial charge in [-0.25, -0.2) is 5.43 Å². The van der Waals surface area contributed by atoms with Gasteiger partial charge in [0.2, 0.25) is 5.91 Å². The zero-order valence-corrected chi connectivity index (χ0v) is 12.1. The van der Waals surface area contributed by atoms with Crippen LogP contribution < -0.4 is 5.43 Å². The fourth-order valence-electron chi connectivity index (χ4n) is 1.72. The van der Waals surface area contributed by atoms with Crippen molar-refractivity contribution in [3.05, 3.63) is 34.3 Å². The first-order chi connectivity index (χ1) is 9.07. The lowest BCUT2D eigenvalue weighted by molar-refractivity contribution is -0.159. The number of hydrogen-bond acceptors (Lipinski definition) is 4. The molecule has 1 aliphatic heterocycles. The van der Waals surface area contributed by atoms with Gasteiger partial charge in [0.15, 0.2) is 5.79 Å². The van der Waals surface area contributed by atoms with Gasteiger partial charge in [-0.1, -0.05) is 28.1 Å². The summed E-state index contributed by atoms with van der Waals surface area (Å²) in [5.74, 6) is -1.06. The smallest absolute Gasteiger partial charge is 0.245 e. The summed E-state index contributed by atoms with van der Waals surface area (Å²) < 4.78 is 11.7. The first-order valence-electron chi connectivity index (χ1n) is 5.93. The largest absolute Gasteiger partial charge is 0.347 e. The van der Waals surface area contributed by atoms with Crippen LogP contribution in [0, 0.1) is 0 Å². The van der Waals surface area contributed by atoms with Crippen LogP contribution in [0.3, 0.4) is 0 Å². The Balaban J connectivity index is 1.81. The van der Waals surface area contributed by atoms with Crippen molar-refractivity contribution in [1.29, 1.82) is 0 Å². The van der Waals surface area contributed by atoms with E-state index in [9.17, 15) is 4.79 Å². The Morgan fingerprint density at radius 1 is 1.42 bits per heavy atom. The summed E-state index contributed by atoms with van der Waals surface area (Å²) in [6.45, 7) is 2.79. The van der Waals surface area contributed by atoms with Gasteiger partial charge in [0.25, 0.3) is 0 Å². The molecular weight excluding hydrogens is 312 g/mol. The molecule has 0 radical (unpaired) electrons. The molecule has 2 rings (SSSR count). The highest BCUT2D eigenvalue weighted by atomic mass is 79.9. The number of hydrogen-bond donors (Lipinski definition) is 1. The zero-order chi connectivity index (χ0) is 13.7. The maximum atomic E-state index is 11.7. The van der Waals surface area contributed by atoms with E-state index in [2.05, 4.69) is 26.5 Å². The topological polar surface area (TPSA) is 59.9 Å². The zero-order valence-electron chi connectivity index (χ0n) is 10.6. The fourth-order valence-corrected chi connectivity index (χ4v) is 1.98. The molecule has 1 saturated heterocycles. The Hall–Kier alpha value is -1.24. The molecule has 1 N–H and O–H groups in total. The second-order valence-corrected chi connectivity index (χ2v) is 5.27. The summed E-state index contributed by atoms with van der Waals surface area (Å²) in [5, 5.41) is 3.89. The second-order valence-electron chi connectivity index (χ2n) is 4.35. The van der Waals surface area contributed by atoms with Gasteiger partial charge >= 0.3 is 0 Å². The summed E-state index contributed by atoms with van der Waals surface area (Å²) in [6, 6.07) is 7.60. The Bertz CT molecular complexity index is 467. The van der Waals surface area contributed by atoms with Crippen LogP contribution in [0.25, 0.3) is 0 Å². The molecule has 0 unspecified atom stereocenters. The number of benzene rings is 1. The van der Waals surface area contributed by atoms with E-state index >= 15 is 0 Å². The van der Waals surface area contributed by atoms with Crippen LogP contribution in [0.1, 0.15) is 18.9 Å². The molecule has 0 atom stereocenters. The first kappa shape index (κ1) is 14.2. The highest BCUT2D eigenvalue weighted by Crippen LogP contribution is 2.22. The Kier molecular flexibility index (Phi) is 4.68. The molecule has 1 aromatic carbocycles. The minimum atomic E-state index is -0.822. The van der Waals surface area contributed by atoms with Crippen molar-refractivity contribution in [2.75, 3.05) is 13.2 Å². The van der Waals surface area contributed by atoms with E-state index in [0.717, 1.165) is 10.0 Å². The second kappa shape index (κ2) is 6.27. The average Bonchev–Trinajstić information content (AvgIpc) is 2.78. The number of nitrogens with one attached hydrogen (secondary N) is 1. The molecule has 1 amide bonds. The van der Waals surface area contributed by atoms with Crippen LogP contribution in [-0.2, 0) is 14.3 Å². The van der Waals surface area contributed by atoms with Gasteiger partial charge in [0, 0.05) is 4.47 Å². The van der Waals surface area contributed by atoms with Crippen LogP contribution in [0.4, 0.5) is 0 Å². The summed E-state index contributed by atoms with van der Waals surface area (Å²) in [4.78, 5) is 11.7. The quantitative estimate of drug-likeness (QED) is 0.680. The lowest BCUT2D eigenvalue weighted by Gasteiger charge is -2.20. The number of nitrogens with zero attached hydrogens (tertiary/aromatic N) is 1. The third-order valence-corrected chi connectivity index (χ3v) is 3.18. The molecule has 19 heavy (non-hydrogen) atoms. The third-order valence-electron chi connectivity index (χ3n) is 2.65. The SMILES string of the molecule is CC1(CC(=O)N/N=C\c2ccc(Br)cc2)OCCO1. The molecular formula is C13H15BrN2O3. The van der Waals surface area contributed by atoms with E-state index in [1.54, 1.807) is 13.1 Å². The van der Waals surface area contributed by atoms with E-state index in [-0.39, 0.29) is 12.3 Å². The number of carbonyl (C=O) groups is 1. The maximum absolute atomic E-state index is 11.7. The van der Waals surface area contributed by atoms with Crippen molar-refractivity contribution >= 4 is 28.1 Å². The lowest BCUT2D eigenvalue weighted by Crippen LogP contribution is -2.33. The summed E-state index contributed by atoms with van der Waals surface area (Å²) in [5.41, 5.74) is 3.36. The van der Waals surface area contributed by atoms with Gasteiger partial charge in [-0.15, -0.1) is 0 Å². The molecule has 0 saturated carbocycles. The summed E-state index contributed by atoms with van der Waals surface area (Å²) in [6.07, 6.45) is 1.72. The third kappa shape index (κ3) is 4.41. The maximum Gasteiger partial charge on any atom is 0.245 e. The van der Waals surface area contributed by atoms with Crippen LogP contribution in [0.15, 0.2) is 33.8 Å². The van der Waals surface area contributed by atoms with E-state index in [1.807, 2.05) is 24.3 Å². The molecule has 6 heteroatoms. The predicted molar refractivity (Wildman–Crippen MR) is 74.8 cm³/mol. The van der Waals surface area contributed by atoms with Crippen molar-refractivity contribution in [3.63, 3.8) is 0 Å². The van der Waals surface area contributed by atoms with Gasteiger partial charge in [-0.2, -0.15) is 5.10 Å². The Labute approximate surface area is 120 Å². The van der Waals surface area contributed by atoms with Crippen molar-refractivity contribution in [2.24, 2.45) is 5.10 Å². The normalized spacial score (nSPS) is 17.8. The van der Waals surface area contributed by atoms with Crippen LogP contribution in [-0.4, -0.2) is 31.1 Å². The highest BCUT2D eigenvalue weighted by Gasteiger charge is 2.33. The van der Waals surface area contributed by atoms with E-state index < -0.39 is 5.79 Å². The molecule has 1 heterocycles. The molecule has 0 bridgehead atoms. The standard InChI is InChI=1S/C13H15BrN2O3/c1-13(18-6-7-19-13)8-12(17)16-15-9-10-2-4-11(14)5-3-10/h2-5,9H,6-8H2,1H3,(H,16,17)/b15-9-. The minimum Gasteiger partial charge on any atom is -0.347 e. The minimum absolute atomic E-state index is 0.130. The number of ether oxygens (including phenoxy) is 2. The number of rotatable bonds is 4. The Morgan fingerprint density at radius 2 is 2.05 bits per heavy atom. The van der Waals surface area contributed by atoms with Gasteiger partial charge < -0.3 is 9.47 Å². The van der Waals surface area contributed by atoms with Crippen LogP contribution in [0.5, 0.6) is 0 Å². The van der Waals surface area contributed by atoms with Gasteiger partial charge in [0.1, 0.15) is 0 Å². The van der Waals surface area contributed by atoms with E-state index in [1.165, 1.54) is 0 Å². The van der Waals surface area contributed by atoms with E-state index in [0.29, 0.717) is 13.2 Å². The fraction of sp³-hybridized carbons (Fsp3) is 0.385. The number of amides is 1. The summed E-state index contributed by atoms with van der Waals surface area (Å²) in [7, 11) is 0. The molecule has 0 aliphatic carbocycles. The first-order valence-corrected chi connectivity index (χ1v) is 6.72. The van der Waals surface area contributed by atoms with Crippen molar-refractivity contribution in [3.8, 4) is 0 Å². The predicted octanol–water partition coefficient (Wildman–Crippen LogP) is 2.05. The number of carbonyl (C=O) groups excluding carboxylic acids is 1. The Morgan fingerprint density at radius 3 is 2.68 bits per heavy atom. The van der Waals surface area contributed by atoms with E-state index in [4.69, 9.17) is 9.47 Å². The highest BCUT2D eigenvalue weighted by molar-refractivity contribution is 9.10. The van der Waals surface area contributed by atoms with Crippen molar-refractivity contribution in [1.82, 2.24) is 5.43 Å². The summed E-state index contributed by atoms with van der Waals surface area (Å²) >= 11 is 3.35. The molecule has 1 fully saturated rings. The number of hydrazone groups is 1. The molecule has 102 valence electrons. The average molecular weight is 327 g/mol. The molecule has 5 nitrogen and oxygen atoms in total. The molecule has 0 spiro atoms. The van der Waals surface area contributed by atoms with Gasteiger partial charge in [-0.3, -0.25) is 4.79 Å². The number of halogens is 1. The molecule has 1 aromatic rings.